The summed E-state index contributed by atoms with van der Waals surface area (Å²) in [4.78, 5) is 12.7. The maximum Gasteiger partial charge on any atom is 0.247 e. The zero-order valence-corrected chi connectivity index (χ0v) is 19.7. The molecule has 0 radical (unpaired) electrons. The Morgan fingerprint density at radius 1 is 1.21 bits per heavy atom. The van der Waals surface area contributed by atoms with E-state index in [1.807, 2.05) is 39.0 Å². The van der Waals surface area contributed by atoms with Crippen LogP contribution in [0.2, 0.25) is 0 Å². The summed E-state index contributed by atoms with van der Waals surface area (Å²) in [6.45, 7) is 9.37. The summed E-state index contributed by atoms with van der Waals surface area (Å²) in [5.41, 5.74) is 1.62. The average Bonchev–Trinajstić information content (AvgIpc) is 3.24. The van der Waals surface area contributed by atoms with Crippen molar-refractivity contribution in [2.45, 2.75) is 77.3 Å². The first-order valence-corrected chi connectivity index (χ1v) is 11.1. The molecule has 0 aromatic heterocycles. The Balaban J connectivity index is 1.66. The molecule has 2 fully saturated rings. The number of fused-ring (bicyclic) bond motifs is 1. The number of hydrogen-bond donors (Lipinski definition) is 5. The third-order valence-electron chi connectivity index (χ3n) is 6.57. The highest BCUT2D eigenvalue weighted by Gasteiger charge is 2.53. The van der Waals surface area contributed by atoms with Gasteiger partial charge >= 0.3 is 0 Å². The van der Waals surface area contributed by atoms with Crippen LogP contribution in [0.4, 0.5) is 0 Å². The topological polar surface area (TPSA) is 138 Å². The van der Waals surface area contributed by atoms with Crippen molar-refractivity contribution in [1.29, 1.82) is 0 Å². The lowest BCUT2D eigenvalue weighted by Gasteiger charge is -2.41. The van der Waals surface area contributed by atoms with Crippen molar-refractivity contribution in [2.75, 3.05) is 13.4 Å². The molecule has 1 aliphatic carbocycles. The molecule has 9 heteroatoms. The summed E-state index contributed by atoms with van der Waals surface area (Å²) in [7, 11) is 0. The molecule has 2 aliphatic rings. The Labute approximate surface area is 194 Å². The van der Waals surface area contributed by atoms with Crippen molar-refractivity contribution in [3.8, 4) is 5.75 Å². The van der Waals surface area contributed by atoms with E-state index in [1.54, 1.807) is 19.9 Å². The number of hydrogen-bond acceptors (Lipinski definition) is 8. The highest BCUT2D eigenvalue weighted by atomic mass is 16.7. The van der Waals surface area contributed by atoms with Crippen LogP contribution in [0.5, 0.6) is 5.75 Å². The molecule has 1 heterocycles. The van der Waals surface area contributed by atoms with Crippen LogP contribution in [-0.4, -0.2) is 82.4 Å². The number of carbonyl (C=O) groups is 1. The molecule has 1 amide bonds. The summed E-state index contributed by atoms with van der Waals surface area (Å²) in [5, 5.41) is 43.6. The fourth-order valence-electron chi connectivity index (χ4n) is 3.85. The molecule has 1 saturated heterocycles. The molecule has 1 saturated carbocycles. The number of nitrogens with one attached hydrogen (secondary N) is 1. The van der Waals surface area contributed by atoms with Crippen molar-refractivity contribution < 1.29 is 39.4 Å². The van der Waals surface area contributed by atoms with Crippen LogP contribution in [0.1, 0.15) is 38.8 Å². The van der Waals surface area contributed by atoms with Gasteiger partial charge in [-0.15, -0.1) is 0 Å². The summed E-state index contributed by atoms with van der Waals surface area (Å²) >= 11 is 0. The van der Waals surface area contributed by atoms with Gasteiger partial charge in [0.15, 0.2) is 0 Å². The molecule has 1 aromatic carbocycles. The summed E-state index contributed by atoms with van der Waals surface area (Å²) in [6.07, 6.45) is -4.41. The van der Waals surface area contributed by atoms with Gasteiger partial charge in [0.1, 0.15) is 43.1 Å². The average molecular weight is 466 g/mol. The highest BCUT2D eigenvalue weighted by Crippen LogP contribution is 2.30. The number of benzene rings is 1. The number of aryl methyl sites for hydroxylation is 1. The van der Waals surface area contributed by atoms with Crippen molar-refractivity contribution in [1.82, 2.24) is 5.32 Å². The van der Waals surface area contributed by atoms with Crippen molar-refractivity contribution >= 4 is 12.0 Å². The van der Waals surface area contributed by atoms with Crippen LogP contribution in [0.25, 0.3) is 6.08 Å². The monoisotopic (exact) mass is 465 g/mol. The van der Waals surface area contributed by atoms with Gasteiger partial charge in [-0.05, 0) is 50.1 Å². The molecule has 0 spiro atoms. The predicted molar refractivity (Wildman–Crippen MR) is 120 cm³/mol. The van der Waals surface area contributed by atoms with E-state index in [9.17, 15) is 25.2 Å². The quantitative estimate of drug-likeness (QED) is 0.367. The van der Waals surface area contributed by atoms with E-state index in [0.717, 1.165) is 11.1 Å². The zero-order valence-electron chi connectivity index (χ0n) is 19.7. The van der Waals surface area contributed by atoms with E-state index in [1.165, 1.54) is 0 Å². The van der Waals surface area contributed by atoms with Gasteiger partial charge in [0, 0.05) is 11.0 Å². The van der Waals surface area contributed by atoms with Gasteiger partial charge in [-0.1, -0.05) is 19.9 Å². The largest absolute Gasteiger partial charge is 0.493 e. The minimum absolute atomic E-state index is 0.0919. The molecule has 1 aliphatic heterocycles. The Morgan fingerprint density at radius 2 is 1.85 bits per heavy atom. The number of aliphatic hydroxyl groups is 4. The standard InChI is InChI=1S/C24H35NO8/c1-12-8-15(6-7-16(12)31-10-24(4,5)14(3)26)9-13(2)23(30)25-17-18(27)20(29)22-21(19(17)28)32-11-33-22/h6-9,14,17-22,26-29H,10-11H2,1-5H3,(H,25,30)/b13-9+/t14-,17?,18+,19-,20-,21+,22-/m1/s1. The van der Waals surface area contributed by atoms with E-state index in [4.69, 9.17) is 14.2 Å². The Kier molecular flexibility index (Phi) is 7.83. The van der Waals surface area contributed by atoms with E-state index in [-0.39, 0.29) is 6.79 Å². The number of rotatable bonds is 7. The molecule has 0 bridgehead atoms. The van der Waals surface area contributed by atoms with E-state index < -0.39 is 54.0 Å². The van der Waals surface area contributed by atoms with Crippen LogP contribution < -0.4 is 10.1 Å². The van der Waals surface area contributed by atoms with E-state index in [2.05, 4.69) is 5.32 Å². The normalized spacial score (nSPS) is 31.1. The van der Waals surface area contributed by atoms with Gasteiger partial charge in [-0.3, -0.25) is 4.79 Å². The molecule has 5 N–H and O–H groups in total. The second-order valence-corrected chi connectivity index (χ2v) is 9.66. The van der Waals surface area contributed by atoms with Crippen LogP contribution in [0, 0.1) is 12.3 Å². The molecule has 7 atom stereocenters. The SMILES string of the molecule is C/C(=C\c1ccc(OCC(C)(C)[C@@H](C)O)c(C)c1)C(=O)NC1[C@@H](O)[C@@H]2OCO[C@@H]2[C@H](O)[C@H]1O. The molecular formula is C24H35NO8. The first-order chi connectivity index (χ1) is 15.4. The number of carbonyl (C=O) groups excluding carboxylic acids is 1. The lowest BCUT2D eigenvalue weighted by Crippen LogP contribution is -2.67. The van der Waals surface area contributed by atoms with Crippen LogP contribution >= 0.6 is 0 Å². The molecule has 3 rings (SSSR count). The van der Waals surface area contributed by atoms with Gasteiger partial charge in [-0.2, -0.15) is 0 Å². The fraction of sp³-hybridized carbons (Fsp3) is 0.625. The van der Waals surface area contributed by atoms with Crippen LogP contribution in [0.3, 0.4) is 0 Å². The molecule has 1 aromatic rings. The number of aliphatic hydroxyl groups excluding tert-OH is 4. The highest BCUT2D eigenvalue weighted by molar-refractivity contribution is 5.97. The van der Waals surface area contributed by atoms with Gasteiger partial charge < -0.3 is 40.0 Å². The predicted octanol–water partition coefficient (Wildman–Crippen LogP) is 0.507. The lowest BCUT2D eigenvalue weighted by molar-refractivity contribution is -0.155. The summed E-state index contributed by atoms with van der Waals surface area (Å²) in [5.74, 6) is 0.207. The third kappa shape index (κ3) is 5.56. The number of amides is 1. The smallest absolute Gasteiger partial charge is 0.247 e. The third-order valence-corrected chi connectivity index (χ3v) is 6.57. The first kappa shape index (κ1) is 25.6. The maximum absolute atomic E-state index is 12.7. The molecule has 184 valence electrons. The number of ether oxygens (including phenoxy) is 3. The van der Waals surface area contributed by atoms with Crippen LogP contribution in [-0.2, 0) is 14.3 Å². The van der Waals surface area contributed by atoms with E-state index >= 15 is 0 Å². The van der Waals surface area contributed by atoms with Crippen LogP contribution in [0.15, 0.2) is 23.8 Å². The molecule has 33 heavy (non-hydrogen) atoms. The van der Waals surface area contributed by atoms with E-state index in [0.29, 0.717) is 17.9 Å². The molecule has 9 nitrogen and oxygen atoms in total. The lowest BCUT2D eigenvalue weighted by atomic mass is 9.83. The zero-order chi connectivity index (χ0) is 24.5. The van der Waals surface area contributed by atoms with Crippen molar-refractivity contribution in [3.63, 3.8) is 0 Å². The fourth-order valence-corrected chi connectivity index (χ4v) is 3.85. The van der Waals surface area contributed by atoms with Gasteiger partial charge in [0.2, 0.25) is 5.91 Å². The second-order valence-electron chi connectivity index (χ2n) is 9.66. The summed E-state index contributed by atoms with van der Waals surface area (Å²) < 4.78 is 16.4. The minimum Gasteiger partial charge on any atom is -0.493 e. The Hall–Kier alpha value is -2.01. The molecule has 1 unspecified atom stereocenters. The Morgan fingerprint density at radius 3 is 2.45 bits per heavy atom. The van der Waals surface area contributed by atoms with Crippen molar-refractivity contribution in [3.05, 3.63) is 34.9 Å². The second kappa shape index (κ2) is 10.1. The molecular weight excluding hydrogens is 430 g/mol. The maximum atomic E-state index is 12.7. The van der Waals surface area contributed by atoms with Gasteiger partial charge in [0.25, 0.3) is 0 Å². The minimum atomic E-state index is -1.40. The van der Waals surface area contributed by atoms with Crippen molar-refractivity contribution in [2.24, 2.45) is 5.41 Å². The summed E-state index contributed by atoms with van der Waals surface area (Å²) in [6, 6.07) is 4.40. The van der Waals surface area contributed by atoms with Gasteiger partial charge in [0.05, 0.1) is 18.8 Å². The Bertz CT molecular complexity index is 883. The van der Waals surface area contributed by atoms with Gasteiger partial charge in [-0.25, -0.2) is 0 Å². The first-order valence-electron chi connectivity index (χ1n) is 11.1.